The van der Waals surface area contributed by atoms with Gasteiger partial charge in [-0.25, -0.2) is 4.90 Å². The predicted octanol–water partition coefficient (Wildman–Crippen LogP) is 3.10. The Kier molecular flexibility index (Phi) is 5.71. The molecular formula is C30H28N2O7. The van der Waals surface area contributed by atoms with Gasteiger partial charge in [0.05, 0.1) is 35.3 Å². The van der Waals surface area contributed by atoms with Gasteiger partial charge in [-0.3, -0.25) is 28.9 Å². The quantitative estimate of drug-likeness (QED) is 0.450. The highest BCUT2D eigenvalue weighted by molar-refractivity contribution is 6.24. The van der Waals surface area contributed by atoms with Crippen LogP contribution in [-0.4, -0.2) is 51.3 Å². The minimum atomic E-state index is -1.15. The second-order valence-corrected chi connectivity index (χ2v) is 11.1. The molecule has 4 amide bonds. The number of carbonyl (C=O) groups excluding carboxylic acids is 4. The molecule has 4 aliphatic rings. The number of hydrogen-bond donors (Lipinski definition) is 2. The van der Waals surface area contributed by atoms with E-state index in [2.05, 4.69) is 0 Å². The van der Waals surface area contributed by atoms with Gasteiger partial charge in [-0.2, -0.15) is 0 Å². The maximum absolute atomic E-state index is 14.2. The Bertz CT molecular complexity index is 1430. The molecule has 2 aromatic carbocycles. The van der Waals surface area contributed by atoms with Crippen molar-refractivity contribution in [1.82, 2.24) is 4.90 Å². The molecule has 0 radical (unpaired) electrons. The second kappa shape index (κ2) is 8.90. The minimum absolute atomic E-state index is 0.0656. The van der Waals surface area contributed by atoms with Gasteiger partial charge >= 0.3 is 5.97 Å². The van der Waals surface area contributed by atoms with E-state index in [-0.39, 0.29) is 42.9 Å². The van der Waals surface area contributed by atoms with Crippen LogP contribution in [0.2, 0.25) is 0 Å². The molecule has 0 spiro atoms. The fraction of sp³-hybridized carbons (Fsp3) is 0.367. The first-order valence-corrected chi connectivity index (χ1v) is 13.1. The van der Waals surface area contributed by atoms with Gasteiger partial charge in [-0.15, -0.1) is 0 Å². The van der Waals surface area contributed by atoms with E-state index in [1.165, 1.54) is 17.0 Å². The van der Waals surface area contributed by atoms with Crippen LogP contribution in [0.1, 0.15) is 37.7 Å². The number of benzene rings is 2. The van der Waals surface area contributed by atoms with Crippen LogP contribution in [0.25, 0.3) is 0 Å². The Morgan fingerprint density at radius 3 is 2.31 bits per heavy atom. The van der Waals surface area contributed by atoms with E-state index in [0.717, 1.165) is 16.0 Å². The summed E-state index contributed by atoms with van der Waals surface area (Å²) >= 11 is 0. The number of carbonyl (C=O) groups is 5. The lowest BCUT2D eigenvalue weighted by Gasteiger charge is -2.49. The lowest BCUT2D eigenvalue weighted by molar-refractivity contribution is -0.142. The largest absolute Gasteiger partial charge is 0.508 e. The standard InChI is InChI=1S/C30H28N2O7/c1-30-22(27(37)32(29(30)39)17-5-3-2-4-6-17)15-21-19(25(30)16-7-9-18(33)10-8-16)11-12-20-24(21)28(38)31(26(20)36)14-13-23(34)35/h2-11,20-22,24-25,33H,12-15H2,1H3,(H,34,35)/t20-,21+,22-,24-,25-,30+/m0/s1. The third-order valence-corrected chi connectivity index (χ3v) is 9.16. The average molecular weight is 529 g/mol. The molecule has 3 fully saturated rings. The van der Waals surface area contributed by atoms with Gasteiger partial charge in [0.15, 0.2) is 0 Å². The molecule has 39 heavy (non-hydrogen) atoms. The van der Waals surface area contributed by atoms with Crippen LogP contribution < -0.4 is 4.90 Å². The number of carboxylic acids is 1. The Labute approximate surface area is 224 Å². The summed E-state index contributed by atoms with van der Waals surface area (Å²) in [6, 6.07) is 15.3. The fourth-order valence-electron chi connectivity index (χ4n) is 7.38. The molecule has 2 saturated heterocycles. The molecule has 6 rings (SSSR count). The summed E-state index contributed by atoms with van der Waals surface area (Å²) in [5, 5.41) is 19.1. The number of likely N-dealkylation sites (tertiary alicyclic amines) is 1. The van der Waals surface area contributed by atoms with Crippen molar-refractivity contribution in [2.24, 2.45) is 29.1 Å². The topological polar surface area (TPSA) is 132 Å². The van der Waals surface area contributed by atoms with Crippen LogP contribution in [-0.2, 0) is 24.0 Å². The maximum atomic E-state index is 14.2. The molecule has 200 valence electrons. The highest BCUT2D eigenvalue weighted by atomic mass is 16.4. The molecule has 2 heterocycles. The first kappa shape index (κ1) is 25.0. The second-order valence-electron chi connectivity index (χ2n) is 11.1. The van der Waals surface area contributed by atoms with Crippen molar-refractivity contribution < 1.29 is 34.2 Å². The van der Waals surface area contributed by atoms with Crippen LogP contribution in [0.15, 0.2) is 66.2 Å². The normalized spacial score (nSPS) is 31.6. The first-order chi connectivity index (χ1) is 18.6. The van der Waals surface area contributed by atoms with Crippen LogP contribution in [0, 0.1) is 29.1 Å². The van der Waals surface area contributed by atoms with Gasteiger partial charge in [0.2, 0.25) is 23.6 Å². The highest BCUT2D eigenvalue weighted by Gasteiger charge is 2.67. The minimum Gasteiger partial charge on any atom is -0.508 e. The zero-order chi connectivity index (χ0) is 27.6. The number of imide groups is 2. The zero-order valence-electron chi connectivity index (χ0n) is 21.3. The van der Waals surface area contributed by atoms with Crippen molar-refractivity contribution in [2.75, 3.05) is 11.4 Å². The number of aromatic hydroxyl groups is 1. The van der Waals surface area contributed by atoms with Crippen molar-refractivity contribution in [3.05, 3.63) is 71.8 Å². The van der Waals surface area contributed by atoms with Gasteiger partial charge in [-0.1, -0.05) is 42.0 Å². The van der Waals surface area contributed by atoms with Gasteiger partial charge in [-0.05, 0) is 55.5 Å². The number of fused-ring (bicyclic) bond motifs is 4. The van der Waals surface area contributed by atoms with Gasteiger partial charge in [0.25, 0.3) is 0 Å². The Morgan fingerprint density at radius 2 is 1.64 bits per heavy atom. The predicted molar refractivity (Wildman–Crippen MR) is 138 cm³/mol. The summed E-state index contributed by atoms with van der Waals surface area (Å²) in [4.78, 5) is 68.4. The molecule has 0 bridgehead atoms. The fourth-order valence-corrected chi connectivity index (χ4v) is 7.38. The number of phenolic OH excluding ortho intramolecular Hbond substituents is 1. The Hall–Kier alpha value is -4.27. The lowest BCUT2D eigenvalue weighted by atomic mass is 9.51. The third-order valence-electron chi connectivity index (χ3n) is 9.16. The number of anilines is 1. The third kappa shape index (κ3) is 3.56. The number of rotatable bonds is 5. The van der Waals surface area contributed by atoms with E-state index in [9.17, 15) is 29.1 Å². The van der Waals surface area contributed by atoms with Crippen molar-refractivity contribution in [3.8, 4) is 5.75 Å². The SMILES string of the molecule is C[C@@]12C(=O)N(c3ccccc3)C(=O)[C@@H]1C[C@@H]1C(=CC[C@@H]3C(=O)N(CCC(=O)O)C(=O)[C@@H]31)[C@@H]2c1ccc(O)cc1. The molecule has 2 aliphatic carbocycles. The number of hydrogen-bond acceptors (Lipinski definition) is 6. The molecule has 9 nitrogen and oxygen atoms in total. The molecular weight excluding hydrogens is 500 g/mol. The van der Waals surface area contributed by atoms with E-state index in [1.807, 2.05) is 13.0 Å². The number of nitrogens with zero attached hydrogens (tertiary/aromatic N) is 2. The van der Waals surface area contributed by atoms with E-state index in [0.29, 0.717) is 12.1 Å². The molecule has 2 aliphatic heterocycles. The van der Waals surface area contributed by atoms with Crippen molar-refractivity contribution in [1.29, 1.82) is 0 Å². The van der Waals surface area contributed by atoms with E-state index < -0.39 is 46.9 Å². The number of allylic oxidation sites excluding steroid dienone is 2. The number of aliphatic carboxylic acids is 1. The zero-order valence-corrected chi connectivity index (χ0v) is 21.3. The molecule has 0 unspecified atom stereocenters. The summed E-state index contributed by atoms with van der Waals surface area (Å²) in [6.07, 6.45) is 2.14. The molecule has 2 aromatic rings. The van der Waals surface area contributed by atoms with Crippen LogP contribution in [0.3, 0.4) is 0 Å². The van der Waals surface area contributed by atoms with Crippen molar-refractivity contribution >= 4 is 35.3 Å². The van der Waals surface area contributed by atoms with Crippen LogP contribution in [0.4, 0.5) is 5.69 Å². The summed E-state index contributed by atoms with van der Waals surface area (Å²) in [7, 11) is 0. The summed E-state index contributed by atoms with van der Waals surface area (Å²) < 4.78 is 0. The average Bonchev–Trinajstić information content (AvgIpc) is 3.28. The number of phenols is 1. The first-order valence-electron chi connectivity index (χ1n) is 13.1. The number of carboxylic acid groups (broad SMARTS) is 1. The molecule has 9 heteroatoms. The van der Waals surface area contributed by atoms with Gasteiger partial charge in [0.1, 0.15) is 5.75 Å². The number of amides is 4. The van der Waals surface area contributed by atoms with Crippen LogP contribution in [0.5, 0.6) is 5.75 Å². The smallest absolute Gasteiger partial charge is 0.305 e. The molecule has 0 aromatic heterocycles. The Balaban J connectivity index is 1.47. The summed E-state index contributed by atoms with van der Waals surface area (Å²) in [5.41, 5.74) is 0.922. The monoisotopic (exact) mass is 528 g/mol. The summed E-state index contributed by atoms with van der Waals surface area (Å²) in [5.74, 6) is -5.56. The summed E-state index contributed by atoms with van der Waals surface area (Å²) in [6.45, 7) is 1.62. The van der Waals surface area contributed by atoms with E-state index in [1.54, 1.807) is 42.5 Å². The molecule has 1 saturated carbocycles. The maximum Gasteiger partial charge on any atom is 0.305 e. The van der Waals surface area contributed by atoms with E-state index >= 15 is 0 Å². The molecule has 6 atom stereocenters. The molecule has 2 N–H and O–H groups in total. The lowest BCUT2D eigenvalue weighted by Crippen LogP contribution is -2.48. The van der Waals surface area contributed by atoms with Crippen molar-refractivity contribution in [2.45, 2.75) is 32.1 Å². The van der Waals surface area contributed by atoms with Crippen molar-refractivity contribution in [3.63, 3.8) is 0 Å². The van der Waals surface area contributed by atoms with Gasteiger partial charge < -0.3 is 10.2 Å². The van der Waals surface area contributed by atoms with Gasteiger partial charge in [0, 0.05) is 12.5 Å². The van der Waals surface area contributed by atoms with Crippen LogP contribution >= 0.6 is 0 Å². The Morgan fingerprint density at radius 1 is 0.949 bits per heavy atom. The highest BCUT2D eigenvalue weighted by Crippen LogP contribution is 2.63. The van der Waals surface area contributed by atoms with E-state index in [4.69, 9.17) is 5.11 Å². The number of para-hydroxylation sites is 1.